The fourth-order valence-corrected chi connectivity index (χ4v) is 3.10. The molecule has 0 saturated carbocycles. The SMILES string of the molecule is C.CC.CC.CC.CC.Cc1cc(C)ncn1.Cc1ccnc(C)n1.Cc1ccnc(C)n1.Cc1cncc(C)n1.Cc1nc(C)nc(C)n1. The molecule has 0 aliphatic rings. The number of hydrogen-bond donors (Lipinski definition) is 0. The van der Waals surface area contributed by atoms with Gasteiger partial charge in [-0.2, -0.15) is 0 Å². The van der Waals surface area contributed by atoms with Crippen LogP contribution in [0.5, 0.6) is 0 Å². The average Bonchev–Trinajstić information content (AvgIpc) is 3.05. The summed E-state index contributed by atoms with van der Waals surface area (Å²) in [6.45, 7) is 37.0. The third-order valence-electron chi connectivity index (χ3n) is 4.62. The summed E-state index contributed by atoms with van der Waals surface area (Å²) in [6.07, 6.45) is 8.58. The van der Waals surface area contributed by atoms with Crippen molar-refractivity contribution in [3.63, 3.8) is 0 Å². The Balaban J connectivity index is -0.000000160. The third kappa shape index (κ3) is 34.7. The predicted molar refractivity (Wildman–Crippen MR) is 212 cm³/mol. The molecule has 5 rings (SSSR count). The van der Waals surface area contributed by atoms with Gasteiger partial charge in [-0.3, -0.25) is 9.97 Å². The van der Waals surface area contributed by atoms with E-state index >= 15 is 0 Å². The zero-order chi connectivity index (χ0) is 38.8. The van der Waals surface area contributed by atoms with Crippen LogP contribution in [0.15, 0.2) is 49.3 Å². The summed E-state index contributed by atoms with van der Waals surface area (Å²) in [5.74, 6) is 4.05. The van der Waals surface area contributed by atoms with E-state index in [0.29, 0.717) is 0 Å². The van der Waals surface area contributed by atoms with Crippen LogP contribution in [0, 0.1) is 76.2 Å². The normalized spacial score (nSPS) is 8.14. The van der Waals surface area contributed by atoms with Crippen LogP contribution in [-0.2, 0) is 0 Å². The monoisotopic (exact) mass is 692 g/mol. The van der Waals surface area contributed by atoms with E-state index in [1.165, 1.54) is 0 Å². The molecule has 0 spiro atoms. The maximum atomic E-state index is 4.11. The van der Waals surface area contributed by atoms with E-state index < -0.39 is 0 Å². The van der Waals surface area contributed by atoms with Crippen LogP contribution >= 0.6 is 0 Å². The van der Waals surface area contributed by atoms with Crippen molar-refractivity contribution < 1.29 is 0 Å². The first-order valence-electron chi connectivity index (χ1n) is 17.0. The zero-order valence-corrected chi connectivity index (χ0v) is 34.0. The molecule has 5 heterocycles. The molecule has 0 radical (unpaired) electrons. The van der Waals surface area contributed by atoms with Crippen LogP contribution in [0.1, 0.15) is 126 Å². The molecule has 0 fully saturated rings. The highest BCUT2D eigenvalue weighted by Gasteiger charge is 1.92. The molecule has 5 aromatic heterocycles. The van der Waals surface area contributed by atoms with Crippen molar-refractivity contribution in [1.29, 1.82) is 0 Å². The Bertz CT molecular complexity index is 1180. The Morgan fingerprint density at radius 2 is 0.660 bits per heavy atom. The lowest BCUT2D eigenvalue weighted by Crippen LogP contribution is -1.97. The second-order valence-electron chi connectivity index (χ2n) is 9.07. The molecule has 0 aromatic carbocycles. The second-order valence-corrected chi connectivity index (χ2v) is 9.07. The summed E-state index contributed by atoms with van der Waals surface area (Å²) >= 11 is 0. The summed E-state index contributed by atoms with van der Waals surface area (Å²) in [5.41, 5.74) is 6.06. The highest BCUT2D eigenvalue weighted by Crippen LogP contribution is 1.93. The highest BCUT2D eigenvalue weighted by molar-refractivity contribution is 5.03. The maximum absolute atomic E-state index is 4.11. The largest absolute Gasteiger partial charge is 0.261 e. The van der Waals surface area contributed by atoms with Crippen LogP contribution in [0.4, 0.5) is 0 Å². The molecule has 11 heteroatoms. The molecule has 0 atom stereocenters. The summed E-state index contributed by atoms with van der Waals surface area (Å²) in [4.78, 5) is 43.9. The lowest BCUT2D eigenvalue weighted by Gasteiger charge is -1.94. The second kappa shape index (κ2) is 37.2. The highest BCUT2D eigenvalue weighted by atomic mass is 15.0. The first-order valence-corrected chi connectivity index (χ1v) is 17.0. The van der Waals surface area contributed by atoms with Crippen LogP contribution in [0.3, 0.4) is 0 Å². The van der Waals surface area contributed by atoms with Gasteiger partial charge < -0.3 is 0 Å². The lowest BCUT2D eigenvalue weighted by molar-refractivity contribution is 0.875. The fraction of sp³-hybridized carbons (Fsp3) is 0.513. The van der Waals surface area contributed by atoms with Gasteiger partial charge in [0.2, 0.25) is 0 Å². The first kappa shape index (κ1) is 54.8. The van der Waals surface area contributed by atoms with E-state index in [1.807, 2.05) is 150 Å². The maximum Gasteiger partial charge on any atom is 0.129 e. The van der Waals surface area contributed by atoms with E-state index in [-0.39, 0.29) is 7.43 Å². The van der Waals surface area contributed by atoms with Gasteiger partial charge in [-0.25, -0.2) is 44.9 Å². The van der Waals surface area contributed by atoms with Gasteiger partial charge in [-0.05, 0) is 94.4 Å². The Hall–Kier alpha value is -4.67. The van der Waals surface area contributed by atoms with Gasteiger partial charge in [0, 0.05) is 47.6 Å². The van der Waals surface area contributed by atoms with Gasteiger partial charge in [0.1, 0.15) is 35.4 Å². The fourth-order valence-electron chi connectivity index (χ4n) is 3.10. The standard InChI is InChI=1S/C6H9N3.4C6H8N2.4C2H6.CH4/c1-4-7-5(2)9-6(3)8-4;1-5-3-7-4-6(2)8-5;1-5-3-6(2)8-4-7-5;2*1-5-3-4-7-6(2)8-5;4*1-2;/h1-3H3;4*3-4H,1-2H3;4*1-2H3;1H4. The van der Waals surface area contributed by atoms with E-state index in [4.69, 9.17) is 0 Å². The van der Waals surface area contributed by atoms with Crippen molar-refractivity contribution in [3.8, 4) is 0 Å². The molecule has 11 nitrogen and oxygen atoms in total. The van der Waals surface area contributed by atoms with Crippen molar-refractivity contribution >= 4 is 0 Å². The molecule has 50 heavy (non-hydrogen) atoms. The van der Waals surface area contributed by atoms with Crippen molar-refractivity contribution in [3.05, 3.63) is 113 Å². The van der Waals surface area contributed by atoms with Gasteiger partial charge in [0.15, 0.2) is 0 Å². The zero-order valence-electron chi connectivity index (χ0n) is 34.0. The molecular weight excluding hydrogens is 623 g/mol. The molecule has 0 bridgehead atoms. The number of aryl methyl sites for hydroxylation is 11. The molecule has 0 amide bonds. The van der Waals surface area contributed by atoms with Crippen molar-refractivity contribution in [2.75, 3.05) is 0 Å². The van der Waals surface area contributed by atoms with Crippen LogP contribution in [0.25, 0.3) is 0 Å². The minimum absolute atomic E-state index is 0. The predicted octanol–water partition coefficient (Wildman–Crippen LogP) is 9.91. The summed E-state index contributed by atoms with van der Waals surface area (Å²) in [7, 11) is 0. The first-order chi connectivity index (χ1) is 23.3. The molecular formula is C39H69N11. The molecule has 0 N–H and O–H groups in total. The molecule has 0 aliphatic heterocycles. The van der Waals surface area contributed by atoms with Crippen molar-refractivity contribution in [2.45, 2.75) is 139 Å². The smallest absolute Gasteiger partial charge is 0.129 e. The summed E-state index contributed by atoms with van der Waals surface area (Å²) in [6, 6.07) is 5.71. The van der Waals surface area contributed by atoms with E-state index in [0.717, 1.165) is 63.3 Å². The van der Waals surface area contributed by atoms with Crippen LogP contribution in [0.2, 0.25) is 0 Å². The average molecular weight is 692 g/mol. The number of rotatable bonds is 0. The number of aromatic nitrogens is 11. The summed E-state index contributed by atoms with van der Waals surface area (Å²) < 4.78 is 0. The van der Waals surface area contributed by atoms with Crippen molar-refractivity contribution in [2.24, 2.45) is 0 Å². The van der Waals surface area contributed by atoms with Crippen molar-refractivity contribution in [1.82, 2.24) is 54.8 Å². The van der Waals surface area contributed by atoms with E-state index in [9.17, 15) is 0 Å². The van der Waals surface area contributed by atoms with Gasteiger partial charge in [-0.15, -0.1) is 0 Å². The van der Waals surface area contributed by atoms with Gasteiger partial charge >= 0.3 is 0 Å². The molecule has 280 valence electrons. The molecule has 5 aromatic rings. The Morgan fingerprint density at radius 3 is 0.840 bits per heavy atom. The minimum Gasteiger partial charge on any atom is -0.261 e. The third-order valence-corrected chi connectivity index (χ3v) is 4.62. The van der Waals surface area contributed by atoms with Gasteiger partial charge in [-0.1, -0.05) is 62.8 Å². The summed E-state index contributed by atoms with van der Waals surface area (Å²) in [5, 5.41) is 0. The topological polar surface area (TPSA) is 142 Å². The molecule has 0 aliphatic carbocycles. The Labute approximate surface area is 305 Å². The molecule has 0 unspecified atom stereocenters. The molecule has 0 saturated heterocycles. The van der Waals surface area contributed by atoms with Crippen LogP contribution < -0.4 is 0 Å². The Kier molecular flexibility index (Phi) is 40.7. The van der Waals surface area contributed by atoms with Gasteiger partial charge in [0.25, 0.3) is 0 Å². The quantitative estimate of drug-likeness (QED) is 0.153. The van der Waals surface area contributed by atoms with Crippen LogP contribution in [-0.4, -0.2) is 54.8 Å². The number of nitrogens with zero attached hydrogens (tertiary/aromatic N) is 11. The van der Waals surface area contributed by atoms with Gasteiger partial charge in [0.05, 0.1) is 11.4 Å². The van der Waals surface area contributed by atoms with E-state index in [1.54, 1.807) is 31.1 Å². The Morgan fingerprint density at radius 1 is 0.340 bits per heavy atom. The lowest BCUT2D eigenvalue weighted by atomic mass is 10.4. The minimum atomic E-state index is 0. The number of hydrogen-bond acceptors (Lipinski definition) is 11. The van der Waals surface area contributed by atoms with E-state index in [2.05, 4.69) is 54.8 Å².